The van der Waals surface area contributed by atoms with Crippen LogP contribution < -0.4 is 9.47 Å². The first-order valence-electron chi connectivity index (χ1n) is 10.9. The Morgan fingerprint density at radius 1 is 0.971 bits per heavy atom. The predicted molar refractivity (Wildman–Crippen MR) is 144 cm³/mol. The number of hydrogen-bond acceptors (Lipinski definition) is 5. The molecule has 1 saturated heterocycles. The number of imide groups is 1. The molecule has 3 aromatic carbocycles. The molecule has 5 nitrogen and oxygen atoms in total. The maximum Gasteiger partial charge on any atom is 0.293 e. The zero-order valence-corrected chi connectivity index (χ0v) is 22.4. The SMILES string of the molecule is Cc1ccc(C)c(OCCN2C(=O)S/C(=C\c3ccc(OCc4ccc(Cl)cc4)c(Br)c3)C2=O)c1. The van der Waals surface area contributed by atoms with Crippen molar-refractivity contribution in [3.05, 3.63) is 97.3 Å². The molecule has 0 spiro atoms. The Hall–Kier alpha value is -2.74. The third-order valence-electron chi connectivity index (χ3n) is 5.35. The maximum absolute atomic E-state index is 12.8. The first kappa shape index (κ1) is 25.4. The number of hydrogen-bond donors (Lipinski definition) is 0. The number of halogens is 2. The van der Waals surface area contributed by atoms with Crippen molar-refractivity contribution in [2.75, 3.05) is 13.2 Å². The number of nitrogens with zero attached hydrogens (tertiary/aromatic N) is 1. The van der Waals surface area contributed by atoms with Gasteiger partial charge in [-0.3, -0.25) is 14.5 Å². The van der Waals surface area contributed by atoms with Gasteiger partial charge in [0, 0.05) is 5.02 Å². The summed E-state index contributed by atoms with van der Waals surface area (Å²) >= 11 is 10.4. The monoisotopic (exact) mass is 571 g/mol. The Bertz CT molecular complexity index is 1290. The number of amides is 2. The van der Waals surface area contributed by atoms with Gasteiger partial charge >= 0.3 is 0 Å². The molecule has 0 aliphatic carbocycles. The van der Waals surface area contributed by atoms with Gasteiger partial charge in [-0.05, 0) is 100 Å². The van der Waals surface area contributed by atoms with Crippen LogP contribution in [0.15, 0.2) is 70.0 Å². The molecule has 0 saturated carbocycles. The van der Waals surface area contributed by atoms with Crippen LogP contribution in [0.2, 0.25) is 5.02 Å². The van der Waals surface area contributed by atoms with E-state index in [4.69, 9.17) is 21.1 Å². The predicted octanol–water partition coefficient (Wildman–Crippen LogP) is 7.41. The van der Waals surface area contributed by atoms with Gasteiger partial charge in [-0.25, -0.2) is 0 Å². The minimum atomic E-state index is -0.316. The number of carbonyl (C=O) groups excluding carboxylic acids is 2. The lowest BCUT2D eigenvalue weighted by atomic mass is 10.1. The van der Waals surface area contributed by atoms with Crippen molar-refractivity contribution in [2.45, 2.75) is 20.5 Å². The van der Waals surface area contributed by atoms with Crippen molar-refractivity contribution in [3.63, 3.8) is 0 Å². The van der Waals surface area contributed by atoms with Gasteiger partial charge in [-0.15, -0.1) is 0 Å². The molecule has 1 fully saturated rings. The molecule has 2 amide bonds. The average Bonchev–Trinajstić information content (AvgIpc) is 3.09. The highest BCUT2D eigenvalue weighted by molar-refractivity contribution is 9.10. The van der Waals surface area contributed by atoms with Crippen molar-refractivity contribution in [3.8, 4) is 11.5 Å². The highest BCUT2D eigenvalue weighted by Gasteiger charge is 2.34. The summed E-state index contributed by atoms with van der Waals surface area (Å²) in [5.41, 5.74) is 3.89. The molecule has 0 bridgehead atoms. The average molecular weight is 573 g/mol. The van der Waals surface area contributed by atoms with Crippen LogP contribution in [0.1, 0.15) is 22.3 Å². The summed E-state index contributed by atoms with van der Waals surface area (Å²) in [5, 5.41) is 0.380. The number of aryl methyl sites for hydroxylation is 2. The van der Waals surface area contributed by atoms with Gasteiger partial charge in [0.25, 0.3) is 11.1 Å². The van der Waals surface area contributed by atoms with Crippen LogP contribution in [0.3, 0.4) is 0 Å². The van der Waals surface area contributed by atoms with Crippen molar-refractivity contribution < 1.29 is 19.1 Å². The Kier molecular flexibility index (Phi) is 8.21. The van der Waals surface area contributed by atoms with Gasteiger partial charge in [-0.1, -0.05) is 41.9 Å². The molecular formula is C27H23BrClNO4S. The number of rotatable bonds is 8. The third-order valence-corrected chi connectivity index (χ3v) is 7.13. The standard InChI is InChI=1S/C27H23BrClNO4S/c1-17-3-4-18(2)24(13-17)33-12-11-30-26(31)25(35-27(30)32)15-20-7-10-23(22(28)14-20)34-16-19-5-8-21(29)9-6-19/h3-10,13-15H,11-12,16H2,1-2H3/b25-15-. The Labute approximate surface area is 222 Å². The van der Waals surface area contributed by atoms with Gasteiger partial charge in [-0.2, -0.15) is 0 Å². The minimum Gasteiger partial charge on any atom is -0.491 e. The molecule has 4 rings (SSSR count). The summed E-state index contributed by atoms with van der Waals surface area (Å²) in [4.78, 5) is 26.9. The summed E-state index contributed by atoms with van der Waals surface area (Å²) in [5.74, 6) is 1.12. The van der Waals surface area contributed by atoms with E-state index >= 15 is 0 Å². The van der Waals surface area contributed by atoms with Gasteiger partial charge in [0.15, 0.2) is 0 Å². The molecule has 180 valence electrons. The fourth-order valence-electron chi connectivity index (χ4n) is 3.42. The smallest absolute Gasteiger partial charge is 0.293 e. The van der Waals surface area contributed by atoms with E-state index in [0.29, 0.717) is 22.3 Å². The van der Waals surface area contributed by atoms with Crippen molar-refractivity contribution in [2.24, 2.45) is 0 Å². The third kappa shape index (κ3) is 6.48. The van der Waals surface area contributed by atoms with Gasteiger partial charge < -0.3 is 9.47 Å². The van der Waals surface area contributed by atoms with Crippen LogP contribution in [0, 0.1) is 13.8 Å². The van der Waals surface area contributed by atoms with E-state index < -0.39 is 0 Å². The fourth-order valence-corrected chi connectivity index (χ4v) is 4.92. The highest BCUT2D eigenvalue weighted by Crippen LogP contribution is 2.34. The molecule has 0 atom stereocenters. The van der Waals surface area contributed by atoms with Crippen molar-refractivity contribution in [1.82, 2.24) is 4.90 Å². The second-order valence-corrected chi connectivity index (χ2v) is 10.3. The van der Waals surface area contributed by atoms with E-state index in [1.165, 1.54) is 4.90 Å². The van der Waals surface area contributed by atoms with E-state index in [2.05, 4.69) is 15.9 Å². The zero-order valence-electron chi connectivity index (χ0n) is 19.2. The number of ether oxygens (including phenoxy) is 2. The summed E-state index contributed by atoms with van der Waals surface area (Å²) < 4.78 is 12.4. The second kappa shape index (κ2) is 11.3. The highest BCUT2D eigenvalue weighted by atomic mass is 79.9. The van der Waals surface area contributed by atoms with Crippen molar-refractivity contribution in [1.29, 1.82) is 0 Å². The quantitative estimate of drug-likeness (QED) is 0.263. The summed E-state index contributed by atoms with van der Waals surface area (Å²) in [7, 11) is 0. The molecule has 0 N–H and O–H groups in total. The molecule has 8 heteroatoms. The molecule has 0 radical (unpaired) electrons. The second-order valence-electron chi connectivity index (χ2n) is 8.06. The normalized spacial score (nSPS) is 14.6. The molecule has 1 aliphatic rings. The molecule has 1 aliphatic heterocycles. The fraction of sp³-hybridized carbons (Fsp3) is 0.185. The van der Waals surface area contributed by atoms with E-state index in [-0.39, 0.29) is 24.3 Å². The zero-order chi connectivity index (χ0) is 24.9. The van der Waals surface area contributed by atoms with Crippen molar-refractivity contribution >= 4 is 56.5 Å². The topological polar surface area (TPSA) is 55.8 Å². The van der Waals surface area contributed by atoms with Crippen LogP contribution in [-0.2, 0) is 11.4 Å². The first-order valence-corrected chi connectivity index (χ1v) is 12.9. The summed E-state index contributed by atoms with van der Waals surface area (Å²) in [6.07, 6.45) is 1.71. The Morgan fingerprint density at radius 3 is 2.49 bits per heavy atom. The first-order chi connectivity index (χ1) is 16.8. The van der Waals surface area contributed by atoms with E-state index in [1.807, 2.05) is 74.5 Å². The van der Waals surface area contributed by atoms with Gasteiger partial charge in [0.1, 0.15) is 24.7 Å². The van der Waals surface area contributed by atoms with Crippen LogP contribution >= 0.6 is 39.3 Å². The lowest BCUT2D eigenvalue weighted by Gasteiger charge is -2.14. The Balaban J connectivity index is 1.37. The molecule has 35 heavy (non-hydrogen) atoms. The molecular weight excluding hydrogens is 550 g/mol. The van der Waals surface area contributed by atoms with Crippen LogP contribution in [-0.4, -0.2) is 29.2 Å². The minimum absolute atomic E-state index is 0.191. The van der Waals surface area contributed by atoms with Crippen LogP contribution in [0.4, 0.5) is 4.79 Å². The van der Waals surface area contributed by atoms with Crippen LogP contribution in [0.25, 0.3) is 6.08 Å². The van der Waals surface area contributed by atoms with E-state index in [9.17, 15) is 9.59 Å². The lowest BCUT2D eigenvalue weighted by Crippen LogP contribution is -2.32. The summed E-state index contributed by atoms with van der Waals surface area (Å²) in [6.45, 7) is 4.78. The van der Waals surface area contributed by atoms with E-state index in [0.717, 1.165) is 44.2 Å². The largest absolute Gasteiger partial charge is 0.491 e. The van der Waals surface area contributed by atoms with Crippen LogP contribution in [0.5, 0.6) is 11.5 Å². The molecule has 0 aromatic heterocycles. The maximum atomic E-state index is 12.8. The number of benzene rings is 3. The number of thioether (sulfide) groups is 1. The number of carbonyl (C=O) groups is 2. The van der Waals surface area contributed by atoms with Gasteiger partial charge in [0.2, 0.25) is 0 Å². The van der Waals surface area contributed by atoms with Gasteiger partial charge in [0.05, 0.1) is 15.9 Å². The van der Waals surface area contributed by atoms with E-state index in [1.54, 1.807) is 6.08 Å². The lowest BCUT2D eigenvalue weighted by molar-refractivity contribution is -0.123. The Morgan fingerprint density at radius 2 is 1.74 bits per heavy atom. The molecule has 0 unspecified atom stereocenters. The summed E-state index contributed by atoms with van der Waals surface area (Å²) in [6, 6.07) is 18.9. The molecule has 1 heterocycles. The molecule has 3 aromatic rings.